The highest BCUT2D eigenvalue weighted by molar-refractivity contribution is 5.97. The Morgan fingerprint density at radius 1 is 1.15 bits per heavy atom. The van der Waals surface area contributed by atoms with Crippen molar-refractivity contribution in [2.24, 2.45) is 5.92 Å². The number of rotatable bonds is 7. The summed E-state index contributed by atoms with van der Waals surface area (Å²) in [6, 6.07) is 1.63. The molecule has 7 nitrogen and oxygen atoms in total. The molecular formula is C27H30F5N3O4. The Labute approximate surface area is 222 Å². The molecule has 2 aliphatic heterocycles. The normalized spacial score (nSPS) is 23.7. The number of alkyl halides is 5. The van der Waals surface area contributed by atoms with Gasteiger partial charge in [0.05, 0.1) is 17.7 Å². The van der Waals surface area contributed by atoms with Crippen molar-refractivity contribution < 1.29 is 41.1 Å². The highest BCUT2D eigenvalue weighted by Crippen LogP contribution is 2.42. The third-order valence-corrected chi connectivity index (χ3v) is 7.17. The minimum absolute atomic E-state index is 0.0688. The number of piperidine rings is 1. The summed E-state index contributed by atoms with van der Waals surface area (Å²) in [5.74, 6) is -7.00. The Morgan fingerprint density at radius 2 is 1.87 bits per heavy atom. The number of halogens is 5. The van der Waals surface area contributed by atoms with Crippen LogP contribution in [0.15, 0.2) is 41.5 Å². The number of hydrogen-bond donors (Lipinski definition) is 2. The van der Waals surface area contributed by atoms with E-state index in [0.717, 1.165) is 6.07 Å². The van der Waals surface area contributed by atoms with E-state index >= 15 is 8.78 Å². The monoisotopic (exact) mass is 555 g/mol. The fourth-order valence-corrected chi connectivity index (χ4v) is 5.33. The first-order chi connectivity index (χ1) is 18.2. The molecule has 3 atom stereocenters. The molecule has 3 aliphatic rings. The van der Waals surface area contributed by atoms with E-state index in [2.05, 4.69) is 10.6 Å². The fourth-order valence-electron chi connectivity index (χ4n) is 5.33. The maximum atomic E-state index is 15.0. The van der Waals surface area contributed by atoms with Crippen LogP contribution in [-0.4, -0.2) is 53.9 Å². The minimum atomic E-state index is -5.14. The molecule has 4 rings (SSSR count). The van der Waals surface area contributed by atoms with Gasteiger partial charge < -0.3 is 20.3 Å². The summed E-state index contributed by atoms with van der Waals surface area (Å²) in [7, 11) is 0. The van der Waals surface area contributed by atoms with Crippen LogP contribution in [-0.2, 0) is 26.5 Å². The summed E-state index contributed by atoms with van der Waals surface area (Å²) < 4.78 is 76.1. The van der Waals surface area contributed by atoms with Gasteiger partial charge in [-0.2, -0.15) is 22.0 Å². The molecule has 0 radical (unpaired) electrons. The standard InChI is InChI=1S/C27H30F5N3O4/c1-14(2)39-18-5-7-20(21(11-18)27(30,31)32)26(28,29)25(38)33-12-16-4-6-19-17(10-16)13-35(24(19)37)22-8-9-23(36)34-15(22)3/h4-7,11,14-15,17,22H,8-10,12-13H2,1-3H3,(H,33,38)(H,34,36). The van der Waals surface area contributed by atoms with Gasteiger partial charge in [0.2, 0.25) is 11.8 Å². The maximum absolute atomic E-state index is 15.0. The summed E-state index contributed by atoms with van der Waals surface area (Å²) >= 11 is 0. The Hall–Kier alpha value is -3.44. The second-order valence-corrected chi connectivity index (χ2v) is 10.4. The van der Waals surface area contributed by atoms with Crippen LogP contribution in [0, 0.1) is 5.92 Å². The summed E-state index contributed by atoms with van der Waals surface area (Å²) in [5, 5.41) is 4.90. The Balaban J connectivity index is 1.42. The lowest BCUT2D eigenvalue weighted by molar-refractivity contribution is -0.152. The number of nitrogens with zero attached hydrogens (tertiary/aromatic N) is 1. The summed E-state index contributed by atoms with van der Waals surface area (Å²) in [6.07, 6.45) is -1.28. The quantitative estimate of drug-likeness (QED) is 0.497. The summed E-state index contributed by atoms with van der Waals surface area (Å²) in [4.78, 5) is 38.8. The molecule has 212 valence electrons. The van der Waals surface area contributed by atoms with Crippen molar-refractivity contribution in [3.8, 4) is 5.75 Å². The van der Waals surface area contributed by atoms with Gasteiger partial charge in [-0.25, -0.2) is 0 Å². The van der Waals surface area contributed by atoms with Crippen LogP contribution in [0.1, 0.15) is 51.2 Å². The van der Waals surface area contributed by atoms with Crippen molar-refractivity contribution in [3.05, 3.63) is 52.6 Å². The highest BCUT2D eigenvalue weighted by atomic mass is 19.4. The lowest BCUT2D eigenvalue weighted by atomic mass is 9.89. The second-order valence-electron chi connectivity index (χ2n) is 10.4. The van der Waals surface area contributed by atoms with E-state index in [1.165, 1.54) is 0 Å². The Kier molecular flexibility index (Phi) is 7.77. The van der Waals surface area contributed by atoms with E-state index in [1.807, 2.05) is 6.92 Å². The highest BCUT2D eigenvalue weighted by Gasteiger charge is 2.48. The first-order valence-electron chi connectivity index (χ1n) is 12.7. The molecule has 0 aromatic heterocycles. The van der Waals surface area contributed by atoms with Crippen LogP contribution < -0.4 is 15.4 Å². The number of benzene rings is 1. The van der Waals surface area contributed by atoms with E-state index in [1.54, 1.807) is 30.9 Å². The van der Waals surface area contributed by atoms with Gasteiger partial charge in [0, 0.05) is 42.6 Å². The van der Waals surface area contributed by atoms with Crippen molar-refractivity contribution in [2.75, 3.05) is 13.1 Å². The molecule has 3 amide bonds. The third-order valence-electron chi connectivity index (χ3n) is 7.17. The van der Waals surface area contributed by atoms with Crippen molar-refractivity contribution in [3.63, 3.8) is 0 Å². The lowest BCUT2D eigenvalue weighted by Gasteiger charge is -2.36. The van der Waals surface area contributed by atoms with Gasteiger partial charge >= 0.3 is 12.1 Å². The number of allylic oxidation sites excluding steroid dienone is 2. The van der Waals surface area contributed by atoms with Gasteiger partial charge in [0.25, 0.3) is 5.91 Å². The van der Waals surface area contributed by atoms with Crippen LogP contribution >= 0.6 is 0 Å². The maximum Gasteiger partial charge on any atom is 0.417 e. The molecule has 2 heterocycles. The first kappa shape index (κ1) is 28.6. The predicted octanol–water partition coefficient (Wildman–Crippen LogP) is 4.08. The molecule has 39 heavy (non-hydrogen) atoms. The first-order valence-corrected chi connectivity index (χ1v) is 12.7. The van der Waals surface area contributed by atoms with Crippen molar-refractivity contribution in [2.45, 2.75) is 70.3 Å². The van der Waals surface area contributed by atoms with E-state index in [4.69, 9.17) is 4.74 Å². The van der Waals surface area contributed by atoms with E-state index < -0.39 is 35.2 Å². The van der Waals surface area contributed by atoms with Crippen LogP contribution in [0.4, 0.5) is 22.0 Å². The van der Waals surface area contributed by atoms with E-state index in [-0.39, 0.29) is 42.1 Å². The van der Waals surface area contributed by atoms with Crippen molar-refractivity contribution in [1.29, 1.82) is 0 Å². The average molecular weight is 556 g/mol. The molecule has 2 saturated heterocycles. The molecular weight excluding hydrogens is 525 g/mol. The second kappa shape index (κ2) is 10.6. The van der Waals surface area contributed by atoms with Crippen LogP contribution in [0.2, 0.25) is 0 Å². The fraction of sp³-hybridized carbons (Fsp3) is 0.519. The number of carbonyl (C=O) groups is 3. The van der Waals surface area contributed by atoms with Crippen molar-refractivity contribution in [1.82, 2.24) is 15.5 Å². The SMILES string of the molecule is CC(C)Oc1ccc(C(F)(F)C(=O)NCC2=CC=C3C(=O)N(C4CCC(=O)NC4C)CC3C2)c(C(F)(F)F)c1. The third kappa shape index (κ3) is 5.94. The minimum Gasteiger partial charge on any atom is -0.491 e. The van der Waals surface area contributed by atoms with Gasteiger partial charge in [0.15, 0.2) is 0 Å². The van der Waals surface area contributed by atoms with E-state index in [0.29, 0.717) is 49.1 Å². The largest absolute Gasteiger partial charge is 0.491 e. The lowest BCUT2D eigenvalue weighted by Crippen LogP contribution is -2.54. The number of carbonyl (C=O) groups excluding carboxylic acids is 3. The van der Waals surface area contributed by atoms with Crippen molar-refractivity contribution >= 4 is 17.7 Å². The summed E-state index contributed by atoms with van der Waals surface area (Å²) in [5.41, 5.74) is -1.99. The van der Waals surface area contributed by atoms with Gasteiger partial charge in [-0.1, -0.05) is 17.7 Å². The number of likely N-dealkylation sites (tertiary alicyclic amines) is 1. The van der Waals surface area contributed by atoms with Crippen LogP contribution in [0.5, 0.6) is 5.75 Å². The van der Waals surface area contributed by atoms with Crippen LogP contribution in [0.3, 0.4) is 0 Å². The topological polar surface area (TPSA) is 87.7 Å². The zero-order chi connectivity index (χ0) is 28.7. The number of nitrogens with one attached hydrogen (secondary N) is 2. The summed E-state index contributed by atoms with van der Waals surface area (Å²) in [6.45, 7) is 5.07. The van der Waals surface area contributed by atoms with Gasteiger partial charge in [0.1, 0.15) is 5.75 Å². The molecule has 3 unspecified atom stereocenters. The van der Waals surface area contributed by atoms with Crippen LogP contribution in [0.25, 0.3) is 0 Å². The molecule has 0 bridgehead atoms. The zero-order valence-electron chi connectivity index (χ0n) is 21.7. The van der Waals surface area contributed by atoms with Gasteiger partial charge in [-0.3, -0.25) is 14.4 Å². The Bertz CT molecular complexity index is 1220. The molecule has 12 heteroatoms. The Morgan fingerprint density at radius 3 is 2.51 bits per heavy atom. The molecule has 1 aromatic rings. The molecule has 1 aromatic carbocycles. The van der Waals surface area contributed by atoms with Gasteiger partial charge in [-0.05, 0) is 51.8 Å². The van der Waals surface area contributed by atoms with E-state index in [9.17, 15) is 27.6 Å². The molecule has 1 aliphatic carbocycles. The molecule has 2 fully saturated rings. The smallest absolute Gasteiger partial charge is 0.417 e. The van der Waals surface area contributed by atoms with Gasteiger partial charge in [-0.15, -0.1) is 0 Å². The number of fused-ring (bicyclic) bond motifs is 1. The average Bonchev–Trinajstić information content (AvgIpc) is 3.16. The number of hydrogen-bond acceptors (Lipinski definition) is 4. The molecule has 0 saturated carbocycles. The molecule has 2 N–H and O–H groups in total. The predicted molar refractivity (Wildman–Crippen MR) is 131 cm³/mol. The zero-order valence-corrected chi connectivity index (χ0v) is 21.7. The molecule has 0 spiro atoms. The number of ether oxygens (including phenoxy) is 1. The number of amides is 3.